The zero-order chi connectivity index (χ0) is 15.6. The first-order valence-corrected chi connectivity index (χ1v) is 8.71. The van der Waals surface area contributed by atoms with E-state index in [9.17, 15) is 0 Å². The van der Waals surface area contributed by atoms with Crippen molar-refractivity contribution in [2.24, 2.45) is 11.3 Å². The second kappa shape index (κ2) is 6.62. The summed E-state index contributed by atoms with van der Waals surface area (Å²) in [5.74, 6) is 0.701. The molecule has 1 nitrogen and oxygen atoms in total. The van der Waals surface area contributed by atoms with Crippen LogP contribution in [0.15, 0.2) is 12.1 Å². The van der Waals surface area contributed by atoms with Gasteiger partial charge in [0.1, 0.15) is 0 Å². The third-order valence-corrected chi connectivity index (χ3v) is 5.85. The lowest BCUT2D eigenvalue weighted by atomic mass is 9.78. The highest BCUT2D eigenvalue weighted by Gasteiger charge is 2.26. The molecule has 2 atom stereocenters. The predicted molar refractivity (Wildman–Crippen MR) is 92.7 cm³/mol. The van der Waals surface area contributed by atoms with Crippen molar-refractivity contribution in [2.75, 3.05) is 6.54 Å². The van der Waals surface area contributed by atoms with Gasteiger partial charge in [-0.25, -0.2) is 0 Å². The van der Waals surface area contributed by atoms with Crippen LogP contribution in [-0.2, 0) is 5.41 Å². The predicted octanol–water partition coefficient (Wildman–Crippen LogP) is 5.77. The molecule has 20 heavy (non-hydrogen) atoms. The molecular formula is C18H33NS. The molecule has 2 unspecified atom stereocenters. The molecule has 0 aliphatic heterocycles. The van der Waals surface area contributed by atoms with Crippen molar-refractivity contribution in [3.8, 4) is 0 Å². The smallest absolute Gasteiger partial charge is 0.0417 e. The molecule has 0 radical (unpaired) electrons. The topological polar surface area (TPSA) is 12.0 Å². The Morgan fingerprint density at radius 3 is 2.10 bits per heavy atom. The van der Waals surface area contributed by atoms with E-state index >= 15 is 0 Å². The van der Waals surface area contributed by atoms with Gasteiger partial charge in [0, 0.05) is 15.8 Å². The molecule has 116 valence electrons. The summed E-state index contributed by atoms with van der Waals surface area (Å²) in [6.45, 7) is 19.5. The maximum Gasteiger partial charge on any atom is 0.0417 e. The lowest BCUT2D eigenvalue weighted by molar-refractivity contribution is 0.225. The first-order valence-electron chi connectivity index (χ1n) is 7.89. The van der Waals surface area contributed by atoms with E-state index in [-0.39, 0.29) is 5.41 Å². The van der Waals surface area contributed by atoms with Gasteiger partial charge in [0.15, 0.2) is 0 Å². The van der Waals surface area contributed by atoms with E-state index < -0.39 is 0 Å². The van der Waals surface area contributed by atoms with Crippen LogP contribution in [0.4, 0.5) is 0 Å². The average molecular weight is 296 g/mol. The first-order chi connectivity index (χ1) is 9.05. The van der Waals surface area contributed by atoms with Gasteiger partial charge in [0.25, 0.3) is 0 Å². The zero-order valence-electron chi connectivity index (χ0n) is 14.6. The largest absolute Gasteiger partial charge is 0.310 e. The molecule has 0 saturated heterocycles. The second-order valence-electron chi connectivity index (χ2n) is 8.07. The van der Waals surface area contributed by atoms with E-state index in [1.165, 1.54) is 16.2 Å². The van der Waals surface area contributed by atoms with Crippen molar-refractivity contribution in [3.63, 3.8) is 0 Å². The van der Waals surface area contributed by atoms with Crippen LogP contribution in [0.5, 0.6) is 0 Å². The van der Waals surface area contributed by atoms with Crippen molar-refractivity contribution in [1.82, 2.24) is 5.32 Å². The third-order valence-electron chi connectivity index (χ3n) is 4.23. The lowest BCUT2D eigenvalue weighted by Gasteiger charge is -2.31. The number of hydrogen-bond donors (Lipinski definition) is 1. The minimum atomic E-state index is 0.259. The summed E-state index contributed by atoms with van der Waals surface area (Å²) in [5.41, 5.74) is 0.632. The Kier molecular flexibility index (Phi) is 5.86. The maximum absolute atomic E-state index is 3.68. The van der Waals surface area contributed by atoms with E-state index in [2.05, 4.69) is 72.8 Å². The molecule has 0 aliphatic rings. The monoisotopic (exact) mass is 295 g/mol. The van der Waals surface area contributed by atoms with Crippen LogP contribution >= 0.6 is 11.3 Å². The molecule has 1 N–H and O–H groups in total. The molecule has 1 aromatic rings. The van der Waals surface area contributed by atoms with Gasteiger partial charge in [-0.2, -0.15) is 0 Å². The maximum atomic E-state index is 3.68. The Bertz CT molecular complexity index is 406. The molecule has 1 heterocycles. The van der Waals surface area contributed by atoms with Crippen molar-refractivity contribution in [1.29, 1.82) is 0 Å². The van der Waals surface area contributed by atoms with Crippen LogP contribution in [0.2, 0.25) is 0 Å². The van der Waals surface area contributed by atoms with Crippen LogP contribution in [0, 0.1) is 11.3 Å². The molecule has 1 aromatic heterocycles. The van der Waals surface area contributed by atoms with E-state index in [0.29, 0.717) is 17.4 Å². The summed E-state index contributed by atoms with van der Waals surface area (Å²) < 4.78 is 0. The van der Waals surface area contributed by atoms with Crippen molar-refractivity contribution in [2.45, 2.75) is 73.3 Å². The number of nitrogens with one attached hydrogen (secondary N) is 1. The van der Waals surface area contributed by atoms with Crippen LogP contribution in [0.3, 0.4) is 0 Å². The Balaban J connectivity index is 2.89. The van der Waals surface area contributed by atoms with Gasteiger partial charge < -0.3 is 5.32 Å². The van der Waals surface area contributed by atoms with E-state index in [1.54, 1.807) is 0 Å². The first kappa shape index (κ1) is 17.7. The summed E-state index contributed by atoms with van der Waals surface area (Å²) in [6, 6.07) is 5.13. The molecule has 2 heteroatoms. The lowest BCUT2D eigenvalue weighted by Crippen LogP contribution is -2.27. The van der Waals surface area contributed by atoms with Crippen molar-refractivity contribution in [3.05, 3.63) is 21.9 Å². The fourth-order valence-electron chi connectivity index (χ4n) is 2.20. The Labute approximate surface area is 130 Å². The summed E-state index contributed by atoms with van der Waals surface area (Å²) in [4.78, 5) is 2.98. The van der Waals surface area contributed by atoms with E-state index in [1.807, 2.05) is 11.3 Å². The van der Waals surface area contributed by atoms with Gasteiger partial charge in [-0.3, -0.25) is 0 Å². The SMILES string of the molecule is CCNC(CC(C)C(C)(C)C)c1ccc(C(C)(C)C)s1. The minimum Gasteiger partial charge on any atom is -0.310 e. The van der Waals surface area contributed by atoms with Gasteiger partial charge in [-0.05, 0) is 41.8 Å². The normalized spacial score (nSPS) is 16.2. The molecule has 0 saturated carbocycles. The highest BCUT2D eigenvalue weighted by molar-refractivity contribution is 7.12. The van der Waals surface area contributed by atoms with Crippen molar-refractivity contribution < 1.29 is 0 Å². The quantitative estimate of drug-likeness (QED) is 0.727. The number of rotatable bonds is 5. The van der Waals surface area contributed by atoms with Crippen molar-refractivity contribution >= 4 is 11.3 Å². The standard InChI is InChI=1S/C18H33NS/c1-9-19-14(12-13(2)17(3,4)5)15-10-11-16(20-15)18(6,7)8/h10-11,13-14,19H,9,12H2,1-8H3. The van der Waals surface area contributed by atoms with Gasteiger partial charge in [-0.1, -0.05) is 55.4 Å². The third kappa shape index (κ3) is 4.89. The van der Waals surface area contributed by atoms with Crippen LogP contribution in [-0.4, -0.2) is 6.54 Å². The van der Waals surface area contributed by atoms with Crippen LogP contribution in [0.25, 0.3) is 0 Å². The van der Waals surface area contributed by atoms with Gasteiger partial charge in [-0.15, -0.1) is 11.3 Å². The highest BCUT2D eigenvalue weighted by atomic mass is 32.1. The van der Waals surface area contributed by atoms with Gasteiger partial charge in [0.2, 0.25) is 0 Å². The number of hydrogen-bond acceptors (Lipinski definition) is 2. The average Bonchev–Trinajstić information content (AvgIpc) is 2.75. The minimum absolute atomic E-state index is 0.259. The molecule has 0 aliphatic carbocycles. The second-order valence-corrected chi connectivity index (χ2v) is 9.18. The van der Waals surface area contributed by atoms with Gasteiger partial charge >= 0.3 is 0 Å². The molecule has 0 amide bonds. The molecular weight excluding hydrogens is 262 g/mol. The highest BCUT2D eigenvalue weighted by Crippen LogP contribution is 2.37. The Morgan fingerprint density at radius 2 is 1.70 bits per heavy atom. The Hall–Kier alpha value is -0.340. The molecule has 0 bridgehead atoms. The van der Waals surface area contributed by atoms with Crippen LogP contribution < -0.4 is 5.32 Å². The summed E-state index contributed by atoms with van der Waals surface area (Å²) in [5, 5.41) is 3.68. The van der Waals surface area contributed by atoms with E-state index in [4.69, 9.17) is 0 Å². The molecule has 0 aromatic carbocycles. The van der Waals surface area contributed by atoms with Gasteiger partial charge in [0.05, 0.1) is 0 Å². The molecule has 1 rings (SSSR count). The van der Waals surface area contributed by atoms with E-state index in [0.717, 1.165) is 6.54 Å². The Morgan fingerprint density at radius 1 is 1.10 bits per heavy atom. The summed E-state index contributed by atoms with van der Waals surface area (Å²) in [7, 11) is 0. The fourth-order valence-corrected chi connectivity index (χ4v) is 3.35. The van der Waals surface area contributed by atoms with Crippen LogP contribution in [0.1, 0.15) is 77.6 Å². The zero-order valence-corrected chi connectivity index (χ0v) is 15.4. The summed E-state index contributed by atoms with van der Waals surface area (Å²) in [6.07, 6.45) is 1.21. The summed E-state index contributed by atoms with van der Waals surface area (Å²) >= 11 is 1.98. The molecule has 0 spiro atoms. The fraction of sp³-hybridized carbons (Fsp3) is 0.778. The molecule has 0 fully saturated rings. The number of thiophene rings is 1.